The summed E-state index contributed by atoms with van der Waals surface area (Å²) in [6.45, 7) is 0. The zero-order valence-corrected chi connectivity index (χ0v) is 50.5. The number of benzene rings is 13. The van der Waals surface area contributed by atoms with Crippen molar-refractivity contribution in [1.29, 1.82) is 0 Å². The molecule has 3 aliphatic carbocycles. The summed E-state index contributed by atoms with van der Waals surface area (Å²) in [4.78, 5) is 9.72. The van der Waals surface area contributed by atoms with E-state index in [1.807, 2.05) is 0 Å². The van der Waals surface area contributed by atoms with Gasteiger partial charge in [0, 0.05) is 84.6 Å². The van der Waals surface area contributed by atoms with Crippen molar-refractivity contribution in [1.82, 2.24) is 4.57 Å². The summed E-state index contributed by atoms with van der Waals surface area (Å²) < 4.78 is 2.55. The van der Waals surface area contributed by atoms with Gasteiger partial charge >= 0.3 is 0 Å². The van der Waals surface area contributed by atoms with Gasteiger partial charge in [0.2, 0.25) is 0 Å². The van der Waals surface area contributed by atoms with Crippen LogP contribution < -0.4 is 19.6 Å². The predicted molar refractivity (Wildman–Crippen MR) is 384 cm³/mol. The lowest BCUT2D eigenvalue weighted by Gasteiger charge is -2.41. The van der Waals surface area contributed by atoms with E-state index < -0.39 is 5.41 Å². The van der Waals surface area contributed by atoms with Crippen molar-refractivity contribution in [3.63, 3.8) is 0 Å². The molecule has 0 radical (unpaired) electrons. The Bertz CT molecular complexity index is 5230. The smallest absolute Gasteiger partial charge is 0.0756 e. The molecule has 1 aliphatic heterocycles. The fourth-order valence-electron chi connectivity index (χ4n) is 15.6. The Morgan fingerprint density at radius 1 is 0.326 bits per heavy atom. The second-order valence-electron chi connectivity index (χ2n) is 24.3. The van der Waals surface area contributed by atoms with Crippen LogP contribution in [-0.4, -0.2) is 4.57 Å². The van der Waals surface area contributed by atoms with Gasteiger partial charge in [-0.05, 0) is 196 Å². The van der Waals surface area contributed by atoms with Crippen LogP contribution in [0.1, 0.15) is 28.7 Å². The van der Waals surface area contributed by atoms with Crippen LogP contribution in [0.5, 0.6) is 0 Å². The molecule has 92 heavy (non-hydrogen) atoms. The molecule has 2 unspecified atom stereocenters. The van der Waals surface area contributed by atoms with Crippen molar-refractivity contribution in [3.8, 4) is 16.8 Å². The van der Waals surface area contributed by atoms with E-state index in [-0.39, 0.29) is 5.92 Å². The molecule has 1 aromatic heterocycles. The first-order valence-electron chi connectivity index (χ1n) is 31.9. The number of anilines is 11. The quantitative estimate of drug-likeness (QED) is 0.121. The van der Waals surface area contributed by atoms with E-state index in [9.17, 15) is 0 Å². The van der Waals surface area contributed by atoms with E-state index in [0.717, 1.165) is 69.0 Å². The third-order valence-corrected chi connectivity index (χ3v) is 19.4. The van der Waals surface area contributed by atoms with Crippen molar-refractivity contribution < 1.29 is 0 Å². The zero-order chi connectivity index (χ0) is 60.7. The fraction of sp³-hybridized carbons (Fsp3) is 0.0345. The highest BCUT2D eigenvalue weighted by Crippen LogP contribution is 2.63. The van der Waals surface area contributed by atoms with Crippen LogP contribution in [0.15, 0.2) is 363 Å². The number of para-hydroxylation sites is 7. The Hall–Kier alpha value is -11.9. The number of fused-ring (bicyclic) bond motifs is 14. The van der Waals surface area contributed by atoms with Gasteiger partial charge in [-0.25, -0.2) is 0 Å². The number of aromatic nitrogens is 1. The first-order valence-corrected chi connectivity index (χ1v) is 31.9. The topological polar surface area (TPSA) is 17.9 Å². The summed E-state index contributed by atoms with van der Waals surface area (Å²) in [5.74, 6) is 0.158. The molecule has 0 bridgehead atoms. The van der Waals surface area contributed by atoms with Crippen molar-refractivity contribution in [2.45, 2.75) is 11.8 Å². The minimum atomic E-state index is -0.780. The highest BCUT2D eigenvalue weighted by atomic mass is 15.2. The van der Waals surface area contributed by atoms with Gasteiger partial charge in [0.25, 0.3) is 0 Å². The molecule has 14 aromatic rings. The first kappa shape index (κ1) is 53.1. The van der Waals surface area contributed by atoms with Crippen molar-refractivity contribution in [2.24, 2.45) is 5.92 Å². The predicted octanol–water partition coefficient (Wildman–Crippen LogP) is 23.1. The minimum Gasteiger partial charge on any atom is -0.314 e. The third-order valence-electron chi connectivity index (χ3n) is 19.4. The normalized spacial score (nSPS) is 15.5. The molecule has 2 atom stereocenters. The van der Waals surface area contributed by atoms with E-state index in [0.29, 0.717) is 0 Å². The SMILES string of the molecule is C1=CCC2C(=C1)C=CC=C2N(c1ccc(N(c2ccccc2)c2ccccc2)cc1)c1ccc2c(c1)C1(c3cc(N(c4ccc(N(c5ccccc5)c5ccccc5)cc4)c4cccc5ccccc45)ccc3-2)c2ccccc2-n2c3ccccc3c3cccc1c32. The lowest BCUT2D eigenvalue weighted by molar-refractivity contribution is 0.708. The van der Waals surface area contributed by atoms with E-state index in [2.05, 4.69) is 376 Å². The third kappa shape index (κ3) is 8.32. The Morgan fingerprint density at radius 2 is 0.783 bits per heavy atom. The molecule has 0 amide bonds. The molecule has 0 fully saturated rings. The molecule has 0 saturated carbocycles. The molecule has 5 heteroatoms. The molecule has 5 nitrogen and oxygen atoms in total. The van der Waals surface area contributed by atoms with Crippen LogP contribution >= 0.6 is 0 Å². The number of rotatable bonds is 12. The Kier molecular flexibility index (Phi) is 12.5. The lowest BCUT2D eigenvalue weighted by Crippen LogP contribution is -2.34. The van der Waals surface area contributed by atoms with Crippen molar-refractivity contribution >= 4 is 95.1 Å². The maximum atomic E-state index is 2.56. The van der Waals surface area contributed by atoms with E-state index in [4.69, 9.17) is 0 Å². The highest BCUT2D eigenvalue weighted by Gasteiger charge is 2.51. The zero-order valence-electron chi connectivity index (χ0n) is 50.5. The fourth-order valence-corrected chi connectivity index (χ4v) is 15.6. The summed E-state index contributed by atoms with van der Waals surface area (Å²) in [7, 11) is 0. The molecule has 4 aliphatic rings. The number of allylic oxidation sites excluding steroid dienone is 7. The molecule has 2 heterocycles. The molecular formula is C87H61N5. The molecular weight excluding hydrogens is 1110 g/mol. The standard InChI is InChI=1S/C87H61N5/c1-5-28-62(29-6-1)88(63-30-7-2-8-31-63)66-46-50-68(51-47-66)90(82-44-21-26-60-24-13-15-36-72(60)82)70-54-56-74-75-57-55-71(59-81(75)87(80(74)58-70)78-40-18-20-43-85(78)92-84-42-19-17-38-76(84)77-39-23-41-79(87)86(77)92)91(83-45-22-27-61-25-14-16-37-73(61)83)69-52-48-67(49-53-69)89(64-32-9-3-10-33-64)65-34-11-4-12-35-65/h1-36,38-59,73H,37H2. The highest BCUT2D eigenvalue weighted by molar-refractivity contribution is 6.13. The maximum absolute atomic E-state index is 2.56. The molecule has 1 spiro atoms. The molecule has 18 rings (SSSR count). The summed E-state index contributed by atoms with van der Waals surface area (Å²) in [6, 6.07) is 117. The average Bonchev–Trinajstić information content (AvgIpc) is 1.49. The molecule has 434 valence electrons. The Morgan fingerprint density at radius 3 is 1.40 bits per heavy atom. The van der Waals surface area contributed by atoms with Crippen LogP contribution in [-0.2, 0) is 5.41 Å². The average molecular weight is 1180 g/mol. The second kappa shape index (κ2) is 21.7. The largest absolute Gasteiger partial charge is 0.314 e. The number of nitrogens with zero attached hydrogens (tertiary/aromatic N) is 5. The minimum absolute atomic E-state index is 0.158. The number of hydrogen-bond donors (Lipinski definition) is 0. The van der Waals surface area contributed by atoms with E-state index in [1.54, 1.807) is 0 Å². The van der Waals surface area contributed by atoms with Crippen LogP contribution in [0, 0.1) is 5.92 Å². The molecule has 0 saturated heterocycles. The first-order chi connectivity index (χ1) is 45.7. The van der Waals surface area contributed by atoms with Gasteiger partial charge in [0.15, 0.2) is 0 Å². The summed E-state index contributed by atoms with van der Waals surface area (Å²) in [5, 5.41) is 4.85. The Balaban J connectivity index is 0.868. The van der Waals surface area contributed by atoms with E-state index >= 15 is 0 Å². The van der Waals surface area contributed by atoms with Gasteiger partial charge in [0.1, 0.15) is 0 Å². The van der Waals surface area contributed by atoms with E-state index in [1.165, 1.54) is 82.9 Å². The lowest BCUT2D eigenvalue weighted by atomic mass is 9.65. The van der Waals surface area contributed by atoms with Crippen LogP contribution in [0.4, 0.5) is 62.6 Å². The van der Waals surface area contributed by atoms with Crippen molar-refractivity contribution in [3.05, 3.63) is 385 Å². The van der Waals surface area contributed by atoms with Gasteiger partial charge in [-0.1, -0.05) is 206 Å². The van der Waals surface area contributed by atoms with Gasteiger partial charge in [0.05, 0.1) is 27.8 Å². The second-order valence-corrected chi connectivity index (χ2v) is 24.3. The van der Waals surface area contributed by atoms with Crippen LogP contribution in [0.2, 0.25) is 0 Å². The van der Waals surface area contributed by atoms with Gasteiger partial charge in [-0.15, -0.1) is 0 Å². The summed E-state index contributed by atoms with van der Waals surface area (Å²) in [5.41, 5.74) is 24.9. The van der Waals surface area contributed by atoms with Gasteiger partial charge < -0.3 is 24.2 Å². The summed E-state index contributed by atoms with van der Waals surface area (Å²) >= 11 is 0. The maximum Gasteiger partial charge on any atom is 0.0756 e. The molecule has 0 N–H and O–H groups in total. The van der Waals surface area contributed by atoms with Gasteiger partial charge in [-0.2, -0.15) is 0 Å². The monoisotopic (exact) mass is 1180 g/mol. The van der Waals surface area contributed by atoms with Gasteiger partial charge in [-0.3, -0.25) is 0 Å². The van der Waals surface area contributed by atoms with Crippen LogP contribution in [0.25, 0.3) is 49.4 Å². The van der Waals surface area contributed by atoms with Crippen molar-refractivity contribution in [2.75, 3.05) is 19.6 Å². The van der Waals surface area contributed by atoms with Crippen LogP contribution in [0.3, 0.4) is 0 Å². The summed E-state index contributed by atoms with van der Waals surface area (Å²) in [6.07, 6.45) is 14.6. The number of hydrogen-bond acceptors (Lipinski definition) is 4. The Labute approximate surface area is 536 Å². The molecule has 13 aromatic carbocycles.